The van der Waals surface area contributed by atoms with Crippen molar-refractivity contribution < 1.29 is 14.3 Å². The molecule has 0 saturated carbocycles. The number of ether oxygens (including phenoxy) is 2. The summed E-state index contributed by atoms with van der Waals surface area (Å²) in [6, 6.07) is 3.95. The summed E-state index contributed by atoms with van der Waals surface area (Å²) in [6.07, 6.45) is 3.63. The third kappa shape index (κ3) is 8.91. The van der Waals surface area contributed by atoms with Crippen molar-refractivity contribution in [3.8, 4) is 5.75 Å². The van der Waals surface area contributed by atoms with Gasteiger partial charge in [0, 0.05) is 25.2 Å². The van der Waals surface area contributed by atoms with Crippen LogP contribution < -0.4 is 10.5 Å². The topological polar surface area (TPSA) is 101 Å². The molecule has 8 heteroatoms. The third-order valence-electron chi connectivity index (χ3n) is 5.44. The molecule has 2 rings (SSSR count). The maximum absolute atomic E-state index is 12.2. The first-order chi connectivity index (χ1) is 15.5. The van der Waals surface area contributed by atoms with Gasteiger partial charge in [0.2, 0.25) is 0 Å². The van der Waals surface area contributed by atoms with Gasteiger partial charge in [0.1, 0.15) is 16.4 Å². The Kier molecular flexibility index (Phi) is 10.1. The maximum Gasteiger partial charge on any atom is 0.410 e. The summed E-state index contributed by atoms with van der Waals surface area (Å²) < 4.78 is 11.7. The molecule has 1 heterocycles. The van der Waals surface area contributed by atoms with E-state index >= 15 is 0 Å². The number of piperidine rings is 1. The lowest BCUT2D eigenvalue weighted by atomic mass is 9.98. The molecule has 184 valence electrons. The van der Waals surface area contributed by atoms with Crippen LogP contribution >= 0.6 is 11.8 Å². The number of rotatable bonds is 7. The lowest BCUT2D eigenvalue weighted by molar-refractivity contribution is 0.0165. The van der Waals surface area contributed by atoms with Gasteiger partial charge in [-0.1, -0.05) is 13.3 Å². The molecule has 1 aliphatic heterocycles. The number of amides is 1. The van der Waals surface area contributed by atoms with Gasteiger partial charge in [0.25, 0.3) is 0 Å². The fourth-order valence-corrected chi connectivity index (χ4v) is 4.26. The Morgan fingerprint density at radius 2 is 1.85 bits per heavy atom. The average Bonchev–Trinajstić information content (AvgIpc) is 2.72. The van der Waals surface area contributed by atoms with Crippen molar-refractivity contribution in [1.82, 2.24) is 4.90 Å². The van der Waals surface area contributed by atoms with Gasteiger partial charge in [-0.25, -0.2) is 4.79 Å². The van der Waals surface area contributed by atoms with Crippen LogP contribution in [-0.2, 0) is 4.74 Å². The van der Waals surface area contributed by atoms with Gasteiger partial charge >= 0.3 is 6.09 Å². The molecule has 0 radical (unpaired) electrons. The van der Waals surface area contributed by atoms with E-state index in [0.717, 1.165) is 48.1 Å². The summed E-state index contributed by atoms with van der Waals surface area (Å²) in [6.45, 7) is 14.5. The van der Waals surface area contributed by atoms with Crippen LogP contribution in [0.4, 0.5) is 4.79 Å². The Balaban J connectivity index is 1.89. The largest absolute Gasteiger partial charge is 0.493 e. The number of amidine groups is 1. The molecule has 0 atom stereocenters. The van der Waals surface area contributed by atoms with Gasteiger partial charge in [-0.2, -0.15) is 0 Å². The zero-order valence-corrected chi connectivity index (χ0v) is 21.8. The van der Waals surface area contributed by atoms with E-state index in [4.69, 9.17) is 20.6 Å². The fourth-order valence-electron chi connectivity index (χ4n) is 3.66. The number of nitrogens with one attached hydrogen (secondary N) is 1. The summed E-state index contributed by atoms with van der Waals surface area (Å²) in [4.78, 5) is 18.3. The van der Waals surface area contributed by atoms with Gasteiger partial charge < -0.3 is 20.1 Å². The Labute approximate surface area is 203 Å². The number of carbonyl (C=O) groups is 1. The van der Waals surface area contributed by atoms with Crippen molar-refractivity contribution in [2.45, 2.75) is 72.8 Å². The number of hydrogen-bond acceptors (Lipinski definition) is 6. The second-order valence-electron chi connectivity index (χ2n) is 9.67. The van der Waals surface area contributed by atoms with Crippen molar-refractivity contribution in [3.05, 3.63) is 28.8 Å². The van der Waals surface area contributed by atoms with E-state index in [1.807, 2.05) is 46.8 Å². The number of nitrogens with two attached hydrogens (primary N) is 1. The summed E-state index contributed by atoms with van der Waals surface area (Å²) >= 11 is 1.20. The zero-order valence-electron chi connectivity index (χ0n) is 21.0. The molecule has 0 bridgehead atoms. The number of hydrogen-bond donors (Lipinski definition) is 2. The molecule has 3 N–H and O–H groups in total. The SMILES string of the molecule is CCCCN=C(N)SC(=N)c1cc(C)c(OCC2CCN(C(=O)OC(C)(C)C)CC2)c(C)c1. The van der Waals surface area contributed by atoms with Crippen LogP contribution in [0.25, 0.3) is 0 Å². The van der Waals surface area contributed by atoms with Gasteiger partial charge in [0.15, 0.2) is 5.17 Å². The molecule has 0 spiro atoms. The third-order valence-corrected chi connectivity index (χ3v) is 6.22. The number of carbonyl (C=O) groups excluding carboxylic acids is 1. The number of likely N-dealkylation sites (tertiary alicyclic amines) is 1. The molecule has 0 unspecified atom stereocenters. The van der Waals surface area contributed by atoms with Crippen molar-refractivity contribution in [2.75, 3.05) is 26.2 Å². The maximum atomic E-state index is 12.2. The van der Waals surface area contributed by atoms with Gasteiger partial charge in [-0.15, -0.1) is 0 Å². The first-order valence-corrected chi connectivity index (χ1v) is 12.6. The molecule has 1 fully saturated rings. The molecule has 0 aromatic heterocycles. The van der Waals surface area contributed by atoms with Crippen LogP contribution in [0.1, 0.15) is 70.1 Å². The number of unbranched alkanes of at least 4 members (excludes halogenated alkanes) is 1. The minimum atomic E-state index is -0.472. The normalized spacial score (nSPS) is 15.5. The standard InChI is InChI=1S/C25H40N4O3S/c1-7-8-11-28-23(27)33-22(26)20-14-17(2)21(18(3)15-20)31-16-19-9-12-29(13-10-19)24(30)32-25(4,5)6/h14-15,19,26H,7-13,16H2,1-6H3,(H2,27,28). The van der Waals surface area contributed by atoms with Crippen molar-refractivity contribution in [2.24, 2.45) is 16.6 Å². The summed E-state index contributed by atoms with van der Waals surface area (Å²) in [5.41, 5.74) is 8.32. The van der Waals surface area contributed by atoms with E-state index in [1.54, 1.807) is 4.90 Å². The fraction of sp³-hybridized carbons (Fsp3) is 0.640. The highest BCUT2D eigenvalue weighted by Gasteiger charge is 2.27. The zero-order chi connectivity index (χ0) is 24.6. The first-order valence-electron chi connectivity index (χ1n) is 11.8. The van der Waals surface area contributed by atoms with E-state index in [0.29, 0.717) is 42.4 Å². The predicted molar refractivity (Wildman–Crippen MR) is 138 cm³/mol. The van der Waals surface area contributed by atoms with Crippen molar-refractivity contribution in [3.63, 3.8) is 0 Å². The lowest BCUT2D eigenvalue weighted by Gasteiger charge is -2.33. The molecular weight excluding hydrogens is 436 g/mol. The van der Waals surface area contributed by atoms with Gasteiger partial charge in [0.05, 0.1) is 6.61 Å². The minimum Gasteiger partial charge on any atom is -0.493 e. The highest BCUT2D eigenvalue weighted by atomic mass is 32.2. The van der Waals surface area contributed by atoms with Crippen LogP contribution in [-0.4, -0.2) is 53.0 Å². The Morgan fingerprint density at radius 1 is 1.24 bits per heavy atom. The second kappa shape index (κ2) is 12.3. The number of aryl methyl sites for hydroxylation is 2. The van der Waals surface area contributed by atoms with Crippen LogP contribution in [0.3, 0.4) is 0 Å². The van der Waals surface area contributed by atoms with E-state index in [9.17, 15) is 4.79 Å². The van der Waals surface area contributed by atoms with E-state index in [2.05, 4.69) is 11.9 Å². The van der Waals surface area contributed by atoms with Crippen LogP contribution in [0, 0.1) is 25.2 Å². The first kappa shape index (κ1) is 27.0. The Morgan fingerprint density at radius 3 is 2.39 bits per heavy atom. The molecule has 33 heavy (non-hydrogen) atoms. The lowest BCUT2D eigenvalue weighted by Crippen LogP contribution is -2.42. The minimum absolute atomic E-state index is 0.236. The predicted octanol–water partition coefficient (Wildman–Crippen LogP) is 5.50. The highest BCUT2D eigenvalue weighted by Crippen LogP contribution is 2.28. The number of benzene rings is 1. The highest BCUT2D eigenvalue weighted by molar-refractivity contribution is 8.26. The van der Waals surface area contributed by atoms with Gasteiger partial charge in [-0.3, -0.25) is 10.4 Å². The van der Waals surface area contributed by atoms with E-state index < -0.39 is 5.60 Å². The smallest absolute Gasteiger partial charge is 0.410 e. The number of nitrogens with zero attached hydrogens (tertiary/aromatic N) is 2. The molecule has 1 amide bonds. The number of aliphatic imine (C=N–C) groups is 1. The Bertz CT molecular complexity index is 833. The van der Waals surface area contributed by atoms with Crippen LogP contribution in [0.5, 0.6) is 5.75 Å². The molecule has 1 saturated heterocycles. The quantitative estimate of drug-likeness (QED) is 0.307. The summed E-state index contributed by atoms with van der Waals surface area (Å²) in [7, 11) is 0. The molecule has 0 aliphatic carbocycles. The molecular formula is C25H40N4O3S. The van der Waals surface area contributed by atoms with Crippen LogP contribution in [0.15, 0.2) is 17.1 Å². The van der Waals surface area contributed by atoms with Crippen molar-refractivity contribution >= 4 is 28.1 Å². The molecule has 1 aromatic carbocycles. The van der Waals surface area contributed by atoms with Crippen LogP contribution in [0.2, 0.25) is 0 Å². The molecule has 1 aromatic rings. The van der Waals surface area contributed by atoms with Crippen molar-refractivity contribution in [1.29, 1.82) is 5.41 Å². The molecule has 1 aliphatic rings. The average molecular weight is 477 g/mol. The summed E-state index contributed by atoms with van der Waals surface area (Å²) in [5.74, 6) is 1.27. The number of thioether (sulfide) groups is 1. The van der Waals surface area contributed by atoms with E-state index in [-0.39, 0.29) is 6.09 Å². The second-order valence-corrected chi connectivity index (χ2v) is 10.7. The summed E-state index contributed by atoms with van der Waals surface area (Å²) in [5, 5.41) is 9.21. The van der Waals surface area contributed by atoms with Gasteiger partial charge in [-0.05, 0) is 94.8 Å². The molecule has 7 nitrogen and oxygen atoms in total. The Hall–Kier alpha value is -2.22. The van der Waals surface area contributed by atoms with E-state index in [1.165, 1.54) is 11.8 Å². The monoisotopic (exact) mass is 476 g/mol.